The van der Waals surface area contributed by atoms with Gasteiger partial charge in [0.1, 0.15) is 17.4 Å². The van der Waals surface area contributed by atoms with E-state index in [9.17, 15) is 14.0 Å². The number of hydrogen-bond acceptors (Lipinski definition) is 9. The first kappa shape index (κ1) is 28.8. The van der Waals surface area contributed by atoms with E-state index < -0.39 is 5.76 Å². The minimum Gasteiger partial charge on any atom is -0.493 e. The third-order valence-corrected chi connectivity index (χ3v) is 10.7. The molecule has 3 aliphatic heterocycles. The minimum atomic E-state index is -0.698. The summed E-state index contributed by atoms with van der Waals surface area (Å²) in [7, 11) is 0. The van der Waals surface area contributed by atoms with E-state index in [1.165, 1.54) is 23.5 Å². The molecule has 7 heterocycles. The van der Waals surface area contributed by atoms with Crippen molar-refractivity contribution in [1.82, 2.24) is 25.1 Å². The fraction of sp³-hybridized carbons (Fsp3) is 0.250. The van der Waals surface area contributed by atoms with Crippen LogP contribution in [0.5, 0.6) is 5.75 Å². The van der Waals surface area contributed by atoms with E-state index in [0.717, 1.165) is 62.6 Å². The highest BCUT2D eigenvalue weighted by atomic mass is 32.1. The summed E-state index contributed by atoms with van der Waals surface area (Å²) in [6.45, 7) is 1.26. The number of carbonyl (C=O) groups excluding carboxylic acids is 1. The molecule has 2 N–H and O–H groups in total. The third-order valence-electron chi connectivity index (χ3n) is 9.51. The molecule has 9 rings (SSSR count). The first-order valence-electron chi connectivity index (χ1n) is 16.1. The van der Waals surface area contributed by atoms with Crippen molar-refractivity contribution >= 4 is 33.1 Å². The van der Waals surface area contributed by atoms with Gasteiger partial charge in [-0.15, -0.1) is 16.4 Å². The van der Waals surface area contributed by atoms with Crippen LogP contribution in [-0.4, -0.2) is 44.1 Å². The number of amides is 1. The minimum absolute atomic E-state index is 0.0180. The lowest BCUT2D eigenvalue weighted by molar-refractivity contribution is 0.0776. The van der Waals surface area contributed by atoms with E-state index in [2.05, 4.69) is 27.6 Å². The summed E-state index contributed by atoms with van der Waals surface area (Å²) in [5.74, 6) is 0.609. The molecular weight excluding hydrogens is 631 g/mol. The highest BCUT2D eigenvalue weighted by Gasteiger charge is 2.45. The van der Waals surface area contributed by atoms with Gasteiger partial charge >= 0.3 is 5.76 Å². The maximum Gasteiger partial charge on any atom is 0.434 e. The number of fused-ring (bicyclic) bond motifs is 5. The van der Waals surface area contributed by atoms with Crippen molar-refractivity contribution in [2.24, 2.45) is 0 Å². The van der Waals surface area contributed by atoms with Gasteiger partial charge in [0.25, 0.3) is 11.8 Å². The lowest BCUT2D eigenvalue weighted by Gasteiger charge is -2.27. The molecule has 1 amide bonds. The van der Waals surface area contributed by atoms with Crippen molar-refractivity contribution in [3.8, 4) is 27.6 Å². The number of aryl methyl sites for hydroxylation is 2. The molecule has 2 aromatic carbocycles. The van der Waals surface area contributed by atoms with E-state index in [-0.39, 0.29) is 29.7 Å². The lowest BCUT2D eigenvalue weighted by Crippen LogP contribution is -2.22. The number of thiophene rings is 1. The number of benzene rings is 2. The van der Waals surface area contributed by atoms with Crippen LogP contribution < -0.4 is 15.8 Å². The number of carbonyl (C=O) groups is 1. The topological polar surface area (TPSA) is 126 Å². The van der Waals surface area contributed by atoms with Crippen LogP contribution >= 0.6 is 11.3 Å². The maximum absolute atomic E-state index is 14.1. The highest BCUT2D eigenvalue weighted by molar-refractivity contribution is 7.23. The van der Waals surface area contributed by atoms with Gasteiger partial charge in [-0.1, -0.05) is 30.3 Å². The summed E-state index contributed by atoms with van der Waals surface area (Å²) in [6, 6.07) is 18.4. The van der Waals surface area contributed by atoms with Crippen LogP contribution in [0.2, 0.25) is 0 Å². The Kier molecular flexibility index (Phi) is 6.85. The van der Waals surface area contributed by atoms with Crippen molar-refractivity contribution in [3.63, 3.8) is 0 Å². The van der Waals surface area contributed by atoms with Crippen LogP contribution in [0.3, 0.4) is 0 Å². The molecule has 48 heavy (non-hydrogen) atoms. The number of nitrogens with one attached hydrogen (secondary N) is 2. The largest absolute Gasteiger partial charge is 0.493 e. The number of pyridine rings is 2. The Balaban J connectivity index is 1.22. The van der Waals surface area contributed by atoms with Gasteiger partial charge in [-0.3, -0.25) is 9.78 Å². The fourth-order valence-corrected chi connectivity index (χ4v) is 8.47. The Bertz CT molecular complexity index is 2280. The molecule has 1 saturated heterocycles. The molecule has 0 spiro atoms. The molecule has 4 aromatic heterocycles. The molecule has 6 aromatic rings. The van der Waals surface area contributed by atoms with Crippen molar-refractivity contribution in [3.05, 3.63) is 111 Å². The zero-order chi connectivity index (χ0) is 32.4. The number of H-pyrrole nitrogens is 1. The van der Waals surface area contributed by atoms with Gasteiger partial charge in [-0.05, 0) is 67.0 Å². The van der Waals surface area contributed by atoms with Gasteiger partial charge < -0.3 is 19.4 Å². The second-order valence-corrected chi connectivity index (χ2v) is 13.4. The smallest absolute Gasteiger partial charge is 0.434 e. The monoisotopic (exact) mass is 660 g/mol. The molecule has 10 nitrogen and oxygen atoms in total. The molecule has 3 aliphatic rings. The van der Waals surface area contributed by atoms with Crippen LogP contribution in [0.4, 0.5) is 10.2 Å². The molecule has 0 bridgehead atoms. The Labute approximate surface area is 277 Å². The molecule has 1 fully saturated rings. The quantitative estimate of drug-likeness (QED) is 0.190. The molecule has 2 atom stereocenters. The van der Waals surface area contributed by atoms with Crippen molar-refractivity contribution < 1.29 is 18.3 Å². The number of nitrogens with zero attached hydrogens (tertiary/aromatic N) is 4. The van der Waals surface area contributed by atoms with Gasteiger partial charge in [0, 0.05) is 35.2 Å². The van der Waals surface area contributed by atoms with E-state index in [1.807, 2.05) is 29.2 Å². The fourth-order valence-electron chi connectivity index (χ4n) is 7.31. The average Bonchev–Trinajstić information content (AvgIpc) is 3.90. The van der Waals surface area contributed by atoms with E-state index >= 15 is 0 Å². The van der Waals surface area contributed by atoms with Gasteiger partial charge in [-0.2, -0.15) is 0 Å². The first-order chi connectivity index (χ1) is 23.5. The van der Waals surface area contributed by atoms with E-state index in [4.69, 9.17) is 19.1 Å². The van der Waals surface area contributed by atoms with Crippen LogP contribution in [0.15, 0.2) is 76.1 Å². The molecule has 0 radical (unpaired) electrons. The van der Waals surface area contributed by atoms with Gasteiger partial charge in [0.15, 0.2) is 0 Å². The zero-order valence-corrected chi connectivity index (χ0v) is 26.5. The number of ether oxygens (including phenoxy) is 1. The van der Waals surface area contributed by atoms with Gasteiger partial charge in [-0.25, -0.2) is 19.3 Å². The second-order valence-electron chi connectivity index (χ2n) is 12.3. The van der Waals surface area contributed by atoms with Gasteiger partial charge in [0.2, 0.25) is 0 Å². The molecule has 0 saturated carbocycles. The summed E-state index contributed by atoms with van der Waals surface area (Å²) in [5.41, 5.74) is 5.13. The summed E-state index contributed by atoms with van der Waals surface area (Å²) in [5, 5.41) is 11.3. The first-order valence-corrected chi connectivity index (χ1v) is 16.9. The Morgan fingerprint density at radius 3 is 2.75 bits per heavy atom. The van der Waals surface area contributed by atoms with Crippen LogP contribution in [-0.2, 0) is 12.8 Å². The summed E-state index contributed by atoms with van der Waals surface area (Å²) in [4.78, 5) is 39.1. The number of aromatic nitrogens is 4. The number of rotatable bonds is 7. The molecule has 240 valence electrons. The Morgan fingerprint density at radius 1 is 1.02 bits per heavy atom. The summed E-state index contributed by atoms with van der Waals surface area (Å²) in [6.07, 6.45) is 5.33. The Morgan fingerprint density at radius 2 is 1.90 bits per heavy atom. The zero-order valence-electron chi connectivity index (χ0n) is 25.7. The van der Waals surface area contributed by atoms with Crippen LogP contribution in [0.1, 0.15) is 64.2 Å². The SMILES string of the molecule is O=C1c2c(nc(CCc3ccc(F)cc3)c(-c3n[nH]c(=O)o3)c2-c2cc3ccnc(N[C@H]4CCOc5ccccc54)c3s2)[C@@H]2CCCN12. The summed E-state index contributed by atoms with van der Waals surface area (Å²) >= 11 is 1.53. The molecule has 0 unspecified atom stereocenters. The Hall–Kier alpha value is -5.36. The van der Waals surface area contributed by atoms with Gasteiger partial charge in [0.05, 0.1) is 45.9 Å². The number of aromatic amines is 1. The average molecular weight is 661 g/mol. The van der Waals surface area contributed by atoms with Crippen molar-refractivity contribution in [2.45, 2.75) is 44.2 Å². The highest BCUT2D eigenvalue weighted by Crippen LogP contribution is 2.50. The molecular formula is C36H29FN6O4S. The van der Waals surface area contributed by atoms with E-state index in [0.29, 0.717) is 48.4 Å². The number of para-hydroxylation sites is 1. The number of halogens is 1. The predicted octanol–water partition coefficient (Wildman–Crippen LogP) is 6.85. The standard InChI is InChI=1S/C36H29FN6O4S/c37-21-10-7-19(8-11-21)9-12-24-28(34-41-42-36(45)47-34)29(30-31(39-24)25-5-3-16-43(25)35(30)44)27-18-20-13-15-38-33(32(20)48-27)40-23-14-17-46-26-6-2-1-4-22(23)26/h1-2,4,6-8,10-11,13,15,18,23,25H,3,5,9,12,14,16-17H2,(H,38,40)(H,42,45)/t23-,25-/m0/s1. The number of anilines is 1. The number of hydrogen-bond donors (Lipinski definition) is 2. The predicted molar refractivity (Wildman–Crippen MR) is 179 cm³/mol. The molecule has 12 heteroatoms. The van der Waals surface area contributed by atoms with Crippen molar-refractivity contribution in [1.29, 1.82) is 0 Å². The van der Waals surface area contributed by atoms with Crippen LogP contribution in [0, 0.1) is 5.82 Å². The van der Waals surface area contributed by atoms with Crippen molar-refractivity contribution in [2.75, 3.05) is 18.5 Å². The third kappa shape index (κ3) is 4.78. The van der Waals surface area contributed by atoms with E-state index in [1.54, 1.807) is 18.3 Å². The maximum atomic E-state index is 14.1. The molecule has 0 aliphatic carbocycles. The normalized spacial score (nSPS) is 18.1. The summed E-state index contributed by atoms with van der Waals surface area (Å²) < 4.78 is 26.1. The lowest BCUT2D eigenvalue weighted by atomic mass is 9.93. The second kappa shape index (κ2) is 11.4. The van der Waals surface area contributed by atoms with Crippen LogP contribution in [0.25, 0.3) is 32.0 Å².